The van der Waals surface area contributed by atoms with E-state index in [1.165, 1.54) is 24.5 Å². The van der Waals surface area contributed by atoms with Crippen LogP contribution >= 0.6 is 11.5 Å². The van der Waals surface area contributed by atoms with Crippen molar-refractivity contribution < 1.29 is 0 Å². The fourth-order valence-corrected chi connectivity index (χ4v) is 3.34. The molecule has 0 amide bonds. The Hall–Kier alpha value is -0.680. The predicted octanol–water partition coefficient (Wildman–Crippen LogP) is 0.946. The maximum Gasteiger partial charge on any atom is 0.130 e. The molecule has 14 heavy (non-hydrogen) atoms. The molecule has 0 spiro atoms. The zero-order chi connectivity index (χ0) is 9.54. The number of hydrogen-bond acceptors (Lipinski definition) is 5. The third-order valence-corrected chi connectivity index (χ3v) is 4.11. The molecule has 2 bridgehead atoms. The lowest BCUT2D eigenvalue weighted by Crippen LogP contribution is -2.46. The molecule has 2 N–H and O–H groups in total. The van der Waals surface area contributed by atoms with Gasteiger partial charge in [0.25, 0.3) is 0 Å². The Morgan fingerprint density at radius 3 is 3.21 bits per heavy atom. The van der Waals surface area contributed by atoms with Crippen LogP contribution in [0.1, 0.15) is 13.3 Å². The lowest BCUT2D eigenvalue weighted by atomic mass is 9.70. The number of nitrogens with one attached hydrogen (secondary N) is 2. The first kappa shape index (κ1) is 8.61. The topological polar surface area (TPSA) is 49.8 Å². The Labute approximate surface area is 87.3 Å². The van der Waals surface area contributed by atoms with Crippen LogP contribution in [0.3, 0.4) is 0 Å². The minimum Gasteiger partial charge on any atom is -0.372 e. The van der Waals surface area contributed by atoms with Crippen LogP contribution in [0.25, 0.3) is 0 Å². The number of anilines is 1. The van der Waals surface area contributed by atoms with Crippen LogP contribution in [-0.2, 0) is 0 Å². The minimum atomic E-state index is 0.538. The summed E-state index contributed by atoms with van der Waals surface area (Å²) in [5.41, 5.74) is 0. The second-order valence-electron chi connectivity index (χ2n) is 4.30. The molecule has 1 saturated carbocycles. The summed E-state index contributed by atoms with van der Waals surface area (Å²) in [6, 6.07) is 1.29. The molecular weight excluding hydrogens is 196 g/mol. The van der Waals surface area contributed by atoms with Crippen LogP contribution in [0, 0.1) is 11.8 Å². The van der Waals surface area contributed by atoms with Crippen molar-refractivity contribution in [3.63, 3.8) is 0 Å². The molecule has 4 rings (SSSR count). The second kappa shape index (κ2) is 3.17. The molecule has 0 aromatic carbocycles. The van der Waals surface area contributed by atoms with E-state index in [1.54, 1.807) is 6.20 Å². The largest absolute Gasteiger partial charge is 0.372 e. The molecule has 3 fully saturated rings. The van der Waals surface area contributed by atoms with Crippen LogP contribution < -0.4 is 10.6 Å². The molecule has 4 atom stereocenters. The van der Waals surface area contributed by atoms with Crippen molar-refractivity contribution in [2.24, 2.45) is 11.8 Å². The van der Waals surface area contributed by atoms with E-state index in [-0.39, 0.29) is 0 Å². The Kier molecular flexibility index (Phi) is 1.95. The predicted molar refractivity (Wildman–Crippen MR) is 56.4 cm³/mol. The van der Waals surface area contributed by atoms with Gasteiger partial charge in [0, 0.05) is 23.6 Å². The van der Waals surface area contributed by atoms with Crippen LogP contribution in [0.5, 0.6) is 0 Å². The normalized spacial score (nSPS) is 36.5. The molecule has 5 heteroatoms. The van der Waals surface area contributed by atoms with Crippen LogP contribution in [0.4, 0.5) is 5.00 Å². The Morgan fingerprint density at radius 1 is 1.71 bits per heavy atom. The number of rotatable bonds is 3. The summed E-state index contributed by atoms with van der Waals surface area (Å²) in [5.74, 6) is 1.69. The highest BCUT2D eigenvalue weighted by Gasteiger charge is 2.48. The zero-order valence-corrected chi connectivity index (χ0v) is 8.92. The van der Waals surface area contributed by atoms with E-state index in [0.29, 0.717) is 6.04 Å². The van der Waals surface area contributed by atoms with Gasteiger partial charge in [-0.15, -0.1) is 5.10 Å². The first-order valence-electron chi connectivity index (χ1n) is 5.12. The highest BCUT2D eigenvalue weighted by Crippen LogP contribution is 2.42. The number of hydrogen-bond donors (Lipinski definition) is 2. The highest BCUT2D eigenvalue weighted by atomic mass is 32.1. The molecule has 2 saturated heterocycles. The summed E-state index contributed by atoms with van der Waals surface area (Å²) < 4.78 is 3.85. The number of nitrogens with zero attached hydrogens (tertiary/aromatic N) is 2. The summed E-state index contributed by atoms with van der Waals surface area (Å²) in [7, 11) is 0. The third-order valence-electron chi connectivity index (χ3n) is 3.52. The molecule has 1 aromatic heterocycles. The Balaban J connectivity index is 1.64. The van der Waals surface area contributed by atoms with Gasteiger partial charge in [0.2, 0.25) is 0 Å². The van der Waals surface area contributed by atoms with Gasteiger partial charge in [-0.3, -0.25) is 0 Å². The molecule has 0 radical (unpaired) electrons. The standard InChI is InChI=1S/C9H14N4S/c1-5(12-8-4-11-13-14-8)9-6-2-7(9)10-3-6/h4-7,9-10,12H,2-3H2,1H3. The van der Waals surface area contributed by atoms with Crippen molar-refractivity contribution >= 4 is 16.5 Å². The van der Waals surface area contributed by atoms with Crippen molar-refractivity contribution in [2.75, 3.05) is 11.9 Å². The molecule has 1 aliphatic carbocycles. The van der Waals surface area contributed by atoms with Gasteiger partial charge in [-0.05, 0) is 31.7 Å². The smallest absolute Gasteiger partial charge is 0.130 e. The van der Waals surface area contributed by atoms with Crippen molar-refractivity contribution in [1.29, 1.82) is 0 Å². The molecule has 2 aliphatic heterocycles. The van der Waals surface area contributed by atoms with Crippen LogP contribution in [0.2, 0.25) is 0 Å². The first-order chi connectivity index (χ1) is 6.84. The van der Waals surface area contributed by atoms with E-state index < -0.39 is 0 Å². The maximum absolute atomic E-state index is 3.85. The van der Waals surface area contributed by atoms with Gasteiger partial charge in [0.15, 0.2) is 0 Å². The van der Waals surface area contributed by atoms with E-state index in [4.69, 9.17) is 0 Å². The highest BCUT2D eigenvalue weighted by molar-refractivity contribution is 7.09. The summed E-state index contributed by atoms with van der Waals surface area (Å²) in [4.78, 5) is 0. The monoisotopic (exact) mass is 210 g/mol. The maximum atomic E-state index is 3.85. The average Bonchev–Trinajstić information content (AvgIpc) is 2.77. The average molecular weight is 210 g/mol. The Bertz CT molecular complexity index is 299. The fourth-order valence-electron chi connectivity index (χ4n) is 2.82. The molecule has 4 unspecified atom stereocenters. The Morgan fingerprint density at radius 2 is 2.64 bits per heavy atom. The van der Waals surface area contributed by atoms with Crippen molar-refractivity contribution in [1.82, 2.24) is 14.9 Å². The van der Waals surface area contributed by atoms with Gasteiger partial charge < -0.3 is 10.6 Å². The lowest BCUT2D eigenvalue weighted by Gasteiger charge is -2.39. The second-order valence-corrected chi connectivity index (χ2v) is 5.09. The van der Waals surface area contributed by atoms with Gasteiger partial charge in [0.05, 0.1) is 6.20 Å². The molecule has 76 valence electrons. The summed E-state index contributed by atoms with van der Waals surface area (Å²) in [5, 5.41) is 11.9. The van der Waals surface area contributed by atoms with E-state index in [2.05, 4.69) is 27.1 Å². The summed E-state index contributed by atoms with van der Waals surface area (Å²) in [6.45, 7) is 3.47. The lowest BCUT2D eigenvalue weighted by molar-refractivity contribution is 0.194. The van der Waals surface area contributed by atoms with Crippen molar-refractivity contribution in [3.8, 4) is 0 Å². The van der Waals surface area contributed by atoms with Gasteiger partial charge in [-0.2, -0.15) is 0 Å². The van der Waals surface area contributed by atoms with Crippen LogP contribution in [-0.4, -0.2) is 28.2 Å². The summed E-state index contributed by atoms with van der Waals surface area (Å²) in [6.07, 6.45) is 3.17. The summed E-state index contributed by atoms with van der Waals surface area (Å²) >= 11 is 1.43. The number of fused-ring (bicyclic) bond motifs is 1. The molecular formula is C9H14N4S. The van der Waals surface area contributed by atoms with E-state index in [1.807, 2.05) is 0 Å². The van der Waals surface area contributed by atoms with Crippen molar-refractivity contribution in [3.05, 3.63) is 6.20 Å². The zero-order valence-electron chi connectivity index (χ0n) is 8.10. The molecule has 4 nitrogen and oxygen atoms in total. The third kappa shape index (κ3) is 1.23. The van der Waals surface area contributed by atoms with Gasteiger partial charge in [-0.25, -0.2) is 0 Å². The van der Waals surface area contributed by atoms with Crippen LogP contribution in [0.15, 0.2) is 6.20 Å². The fraction of sp³-hybridized carbons (Fsp3) is 0.778. The first-order valence-corrected chi connectivity index (χ1v) is 5.89. The quantitative estimate of drug-likeness (QED) is 0.780. The van der Waals surface area contributed by atoms with E-state index in [0.717, 1.165) is 22.9 Å². The van der Waals surface area contributed by atoms with Gasteiger partial charge >= 0.3 is 0 Å². The molecule has 3 heterocycles. The number of aromatic nitrogens is 2. The van der Waals surface area contributed by atoms with Crippen molar-refractivity contribution in [2.45, 2.75) is 25.4 Å². The molecule has 1 aromatic rings. The molecule has 3 aliphatic rings. The van der Waals surface area contributed by atoms with E-state index >= 15 is 0 Å². The van der Waals surface area contributed by atoms with E-state index in [9.17, 15) is 0 Å². The minimum absolute atomic E-state index is 0.538. The SMILES string of the molecule is CC(Nc1cnns1)C1C2CNC1C2. The van der Waals surface area contributed by atoms with Gasteiger partial charge in [-0.1, -0.05) is 4.49 Å². The van der Waals surface area contributed by atoms with Gasteiger partial charge in [0.1, 0.15) is 5.00 Å².